The fraction of sp³-hybridized carbons (Fsp3) is 0.300. The Morgan fingerprint density at radius 1 is 1.08 bits per heavy atom. The molecule has 0 atom stereocenters. The molecule has 0 heterocycles. The quantitative estimate of drug-likeness (QED) is 0.737. The van der Waals surface area contributed by atoms with Gasteiger partial charge in [-0.05, 0) is 49.4 Å². The van der Waals surface area contributed by atoms with Crippen molar-refractivity contribution in [3.05, 3.63) is 54.1 Å². The van der Waals surface area contributed by atoms with Gasteiger partial charge in [0.15, 0.2) is 0 Å². The van der Waals surface area contributed by atoms with Gasteiger partial charge in [0.1, 0.15) is 12.4 Å². The number of rotatable bonds is 8. The van der Waals surface area contributed by atoms with Gasteiger partial charge in [-0.15, -0.1) is 0 Å². The number of hydrogen-bond donors (Lipinski definition) is 1. The van der Waals surface area contributed by atoms with Crippen LogP contribution in [0.1, 0.15) is 24.2 Å². The largest absolute Gasteiger partial charge is 0.491 e. The predicted molar refractivity (Wildman–Crippen MR) is 102 cm³/mol. The second-order valence-corrected chi connectivity index (χ2v) is 5.65. The lowest BCUT2D eigenvalue weighted by Crippen LogP contribution is -2.22. The number of benzene rings is 2. The number of amides is 2. The Bertz CT molecular complexity index is 744. The van der Waals surface area contributed by atoms with Crippen LogP contribution in [0.15, 0.2) is 48.5 Å². The first kappa shape index (κ1) is 19.5. The van der Waals surface area contributed by atoms with Crippen LogP contribution in [0, 0.1) is 0 Å². The van der Waals surface area contributed by atoms with Gasteiger partial charge in [-0.3, -0.25) is 9.59 Å². The van der Waals surface area contributed by atoms with E-state index in [4.69, 9.17) is 9.47 Å². The molecule has 0 bridgehead atoms. The Morgan fingerprint density at radius 3 is 2.46 bits per heavy atom. The van der Waals surface area contributed by atoms with Gasteiger partial charge in [0.25, 0.3) is 5.91 Å². The standard InChI is InChI=1S/C20H24N2O4/c1-4-25-12-13-26-19-7-5-6-16(14-19)20(24)21-17-8-10-18(11-9-17)22(3)15(2)23/h5-11,14H,4,12-13H2,1-3H3,(H,21,24). The van der Waals surface area contributed by atoms with E-state index in [2.05, 4.69) is 5.32 Å². The van der Waals surface area contributed by atoms with Gasteiger partial charge in [-0.2, -0.15) is 0 Å². The van der Waals surface area contributed by atoms with Crippen LogP contribution in [0.4, 0.5) is 11.4 Å². The SMILES string of the molecule is CCOCCOc1cccc(C(=O)Nc2ccc(N(C)C(C)=O)cc2)c1. The van der Waals surface area contributed by atoms with Crippen molar-refractivity contribution >= 4 is 23.2 Å². The zero-order valence-electron chi connectivity index (χ0n) is 15.3. The van der Waals surface area contributed by atoms with Crippen molar-refractivity contribution in [2.24, 2.45) is 0 Å². The normalized spacial score (nSPS) is 10.3. The van der Waals surface area contributed by atoms with E-state index in [1.165, 1.54) is 11.8 Å². The van der Waals surface area contributed by atoms with Gasteiger partial charge in [0, 0.05) is 37.5 Å². The molecule has 2 aromatic rings. The van der Waals surface area contributed by atoms with Crippen LogP contribution in [-0.4, -0.2) is 38.7 Å². The van der Waals surface area contributed by atoms with Crippen LogP contribution in [0.3, 0.4) is 0 Å². The van der Waals surface area contributed by atoms with Gasteiger partial charge in [-0.25, -0.2) is 0 Å². The minimum atomic E-state index is -0.229. The Hall–Kier alpha value is -2.86. The van der Waals surface area contributed by atoms with E-state index in [0.29, 0.717) is 36.8 Å². The van der Waals surface area contributed by atoms with Crippen LogP contribution >= 0.6 is 0 Å². The highest BCUT2D eigenvalue weighted by atomic mass is 16.5. The summed E-state index contributed by atoms with van der Waals surface area (Å²) in [5, 5.41) is 2.83. The Kier molecular flexibility index (Phi) is 7.17. The number of nitrogens with zero attached hydrogens (tertiary/aromatic N) is 1. The third-order valence-electron chi connectivity index (χ3n) is 3.78. The van der Waals surface area contributed by atoms with Crippen LogP contribution in [0.2, 0.25) is 0 Å². The summed E-state index contributed by atoms with van der Waals surface area (Å²) in [6, 6.07) is 14.1. The van der Waals surface area contributed by atoms with E-state index in [-0.39, 0.29) is 11.8 Å². The molecule has 0 fully saturated rings. The van der Waals surface area contributed by atoms with Gasteiger partial charge < -0.3 is 19.7 Å². The summed E-state index contributed by atoms with van der Waals surface area (Å²) < 4.78 is 10.8. The maximum Gasteiger partial charge on any atom is 0.255 e. The van der Waals surface area contributed by atoms with Crippen molar-refractivity contribution in [3.8, 4) is 5.75 Å². The second-order valence-electron chi connectivity index (χ2n) is 5.65. The molecule has 6 nitrogen and oxygen atoms in total. The number of nitrogens with one attached hydrogen (secondary N) is 1. The lowest BCUT2D eigenvalue weighted by atomic mass is 10.2. The van der Waals surface area contributed by atoms with E-state index in [0.717, 1.165) is 5.69 Å². The summed E-state index contributed by atoms with van der Waals surface area (Å²) in [4.78, 5) is 25.3. The molecular formula is C20H24N2O4. The van der Waals surface area contributed by atoms with E-state index in [9.17, 15) is 9.59 Å². The maximum atomic E-state index is 12.4. The molecule has 0 aliphatic rings. The molecule has 0 saturated heterocycles. The highest BCUT2D eigenvalue weighted by Crippen LogP contribution is 2.19. The predicted octanol–water partition coefficient (Wildman–Crippen LogP) is 3.34. The minimum absolute atomic E-state index is 0.0528. The van der Waals surface area contributed by atoms with Crippen LogP contribution in [-0.2, 0) is 9.53 Å². The molecular weight excluding hydrogens is 332 g/mol. The lowest BCUT2D eigenvalue weighted by molar-refractivity contribution is -0.116. The van der Waals surface area contributed by atoms with Gasteiger partial charge in [0.2, 0.25) is 5.91 Å². The molecule has 2 amide bonds. The Morgan fingerprint density at radius 2 is 1.81 bits per heavy atom. The van der Waals surface area contributed by atoms with Crippen molar-refractivity contribution in [2.75, 3.05) is 37.1 Å². The van der Waals surface area contributed by atoms with Crippen LogP contribution in [0.25, 0.3) is 0 Å². The smallest absolute Gasteiger partial charge is 0.255 e. The molecule has 26 heavy (non-hydrogen) atoms. The second kappa shape index (κ2) is 9.58. The average Bonchev–Trinajstić information content (AvgIpc) is 2.65. The zero-order valence-corrected chi connectivity index (χ0v) is 15.3. The molecule has 0 aliphatic carbocycles. The zero-order chi connectivity index (χ0) is 18.9. The molecule has 2 rings (SSSR count). The molecule has 0 unspecified atom stereocenters. The molecule has 0 radical (unpaired) electrons. The molecule has 1 N–H and O–H groups in total. The van der Waals surface area contributed by atoms with E-state index in [1.807, 2.05) is 6.92 Å². The molecule has 0 spiro atoms. The van der Waals surface area contributed by atoms with Crippen LogP contribution < -0.4 is 15.0 Å². The summed E-state index contributed by atoms with van der Waals surface area (Å²) in [5.41, 5.74) is 1.92. The first-order valence-electron chi connectivity index (χ1n) is 8.47. The van der Waals surface area contributed by atoms with E-state index < -0.39 is 0 Å². The lowest BCUT2D eigenvalue weighted by Gasteiger charge is -2.15. The van der Waals surface area contributed by atoms with Gasteiger partial charge >= 0.3 is 0 Å². The summed E-state index contributed by atoms with van der Waals surface area (Å²) in [5.74, 6) is 0.339. The van der Waals surface area contributed by atoms with Gasteiger partial charge in [0.05, 0.1) is 6.61 Å². The fourth-order valence-corrected chi connectivity index (χ4v) is 2.24. The number of hydrogen-bond acceptors (Lipinski definition) is 4. The number of carbonyl (C=O) groups excluding carboxylic acids is 2. The van der Waals surface area contributed by atoms with Crippen molar-refractivity contribution in [1.29, 1.82) is 0 Å². The first-order chi connectivity index (χ1) is 12.5. The van der Waals surface area contributed by atoms with Gasteiger partial charge in [-0.1, -0.05) is 6.07 Å². The van der Waals surface area contributed by atoms with Crippen LogP contribution in [0.5, 0.6) is 5.75 Å². The molecule has 2 aromatic carbocycles. The number of ether oxygens (including phenoxy) is 2. The molecule has 0 aliphatic heterocycles. The summed E-state index contributed by atoms with van der Waals surface area (Å²) in [6.45, 7) is 5.01. The van der Waals surface area contributed by atoms with E-state index in [1.54, 1.807) is 55.6 Å². The topological polar surface area (TPSA) is 67.9 Å². The molecule has 6 heteroatoms. The number of anilines is 2. The van der Waals surface area contributed by atoms with Crippen molar-refractivity contribution < 1.29 is 19.1 Å². The fourth-order valence-electron chi connectivity index (χ4n) is 2.24. The van der Waals surface area contributed by atoms with Crippen molar-refractivity contribution in [2.45, 2.75) is 13.8 Å². The molecule has 0 saturated carbocycles. The van der Waals surface area contributed by atoms with Crippen molar-refractivity contribution in [1.82, 2.24) is 0 Å². The summed E-state index contributed by atoms with van der Waals surface area (Å²) >= 11 is 0. The summed E-state index contributed by atoms with van der Waals surface area (Å²) in [6.07, 6.45) is 0. The maximum absolute atomic E-state index is 12.4. The minimum Gasteiger partial charge on any atom is -0.491 e. The average molecular weight is 356 g/mol. The number of carbonyl (C=O) groups is 2. The van der Waals surface area contributed by atoms with E-state index >= 15 is 0 Å². The summed E-state index contributed by atoms with van der Waals surface area (Å²) in [7, 11) is 1.70. The third kappa shape index (κ3) is 5.60. The Labute approximate surface area is 153 Å². The molecule has 138 valence electrons. The van der Waals surface area contributed by atoms with Crippen molar-refractivity contribution in [3.63, 3.8) is 0 Å². The monoisotopic (exact) mass is 356 g/mol. The molecule has 0 aromatic heterocycles. The highest BCUT2D eigenvalue weighted by molar-refractivity contribution is 6.04. The highest BCUT2D eigenvalue weighted by Gasteiger charge is 2.09. The first-order valence-corrected chi connectivity index (χ1v) is 8.47. The third-order valence-corrected chi connectivity index (χ3v) is 3.78. The Balaban J connectivity index is 1.98.